The van der Waals surface area contributed by atoms with Gasteiger partial charge in [0.05, 0.1) is 19.4 Å². The lowest BCUT2D eigenvalue weighted by molar-refractivity contribution is -0.146. The van der Waals surface area contributed by atoms with Gasteiger partial charge in [-0.05, 0) is 42.3 Å². The van der Waals surface area contributed by atoms with E-state index >= 15 is 0 Å². The van der Waals surface area contributed by atoms with Crippen LogP contribution in [-0.2, 0) is 9.53 Å². The van der Waals surface area contributed by atoms with Crippen molar-refractivity contribution in [1.82, 2.24) is 0 Å². The van der Waals surface area contributed by atoms with E-state index in [1.165, 1.54) is 0 Å². The van der Waals surface area contributed by atoms with Crippen LogP contribution >= 0.6 is 0 Å². The highest BCUT2D eigenvalue weighted by Gasteiger charge is 2.36. The molecule has 0 heterocycles. The molecule has 0 saturated heterocycles. The van der Waals surface area contributed by atoms with Crippen molar-refractivity contribution in [1.29, 1.82) is 0 Å². The second-order valence-corrected chi connectivity index (χ2v) is 6.25. The zero-order valence-corrected chi connectivity index (χ0v) is 16.4. The molecule has 154 valence electrons. The first-order chi connectivity index (χ1) is 14.0. The molecule has 0 aliphatic rings. The maximum Gasteiger partial charge on any atom is 0.317 e. The first-order valence-electron chi connectivity index (χ1n) is 9.10. The van der Waals surface area contributed by atoms with Gasteiger partial charge >= 0.3 is 5.97 Å². The summed E-state index contributed by atoms with van der Waals surface area (Å²) in [5.41, 5.74) is 7.60. The number of ether oxygens (including phenoxy) is 2. The number of esters is 1. The molecule has 0 fully saturated rings. The molecule has 2 unspecified atom stereocenters. The molecule has 4 N–H and O–H groups in total. The first-order valence-corrected chi connectivity index (χ1v) is 9.10. The number of rotatable bonds is 9. The Balaban J connectivity index is 2.47. The normalized spacial score (nSPS) is 14.1. The van der Waals surface area contributed by atoms with Gasteiger partial charge in [-0.15, -0.1) is 0 Å². The topological polar surface area (TPSA) is 127 Å². The van der Waals surface area contributed by atoms with Gasteiger partial charge < -0.3 is 25.6 Å². The van der Waals surface area contributed by atoms with Gasteiger partial charge in [0.2, 0.25) is 0 Å². The number of hydrogen-bond acceptors (Lipinski definition) is 7. The molecule has 8 heteroatoms. The highest BCUT2D eigenvalue weighted by Crippen LogP contribution is 2.32. The number of amidine groups is 1. The Labute approximate surface area is 169 Å². The van der Waals surface area contributed by atoms with Gasteiger partial charge in [-0.1, -0.05) is 40.6 Å². The summed E-state index contributed by atoms with van der Waals surface area (Å²) in [6.07, 6.45) is 0.145. The first kappa shape index (κ1) is 21.7. The SMILES string of the molecule is CCOC(=O)C(/C(N)=N\O)C(C/C(=N/O)c1ccc(OC)cc1)c1ccccc1. The maximum absolute atomic E-state index is 12.6. The standard InChI is InChI=1S/C21H25N3O5/c1-3-29-21(25)19(20(22)24-27)17(14-7-5-4-6-8-14)13-18(23-26)15-9-11-16(28-2)12-10-15/h4-12,17,19,26-27H,3,13H2,1-2H3,(H2,22,24)/b23-18-. The number of carbonyl (C=O) groups is 1. The molecule has 0 spiro atoms. The van der Waals surface area contributed by atoms with Gasteiger partial charge in [0.15, 0.2) is 5.84 Å². The van der Waals surface area contributed by atoms with Crippen molar-refractivity contribution in [3.8, 4) is 5.75 Å². The summed E-state index contributed by atoms with van der Waals surface area (Å²) in [5.74, 6) is -1.88. The Morgan fingerprint density at radius 3 is 2.24 bits per heavy atom. The van der Waals surface area contributed by atoms with E-state index in [1.807, 2.05) is 30.3 Å². The third-order valence-electron chi connectivity index (χ3n) is 4.56. The Bertz CT molecular complexity index is 850. The van der Waals surface area contributed by atoms with Gasteiger partial charge in [0.25, 0.3) is 0 Å². The minimum absolute atomic E-state index is 0.145. The molecule has 2 aromatic rings. The summed E-state index contributed by atoms with van der Waals surface area (Å²) in [7, 11) is 1.56. The predicted molar refractivity (Wildman–Crippen MR) is 109 cm³/mol. The van der Waals surface area contributed by atoms with Crippen molar-refractivity contribution in [3.63, 3.8) is 0 Å². The van der Waals surface area contributed by atoms with E-state index in [1.54, 1.807) is 38.3 Å². The number of nitrogens with zero attached hydrogens (tertiary/aromatic N) is 2. The summed E-state index contributed by atoms with van der Waals surface area (Å²) in [6.45, 7) is 1.83. The van der Waals surface area contributed by atoms with Gasteiger partial charge in [0, 0.05) is 12.3 Å². The van der Waals surface area contributed by atoms with Gasteiger partial charge in [-0.25, -0.2) is 0 Å². The number of methoxy groups -OCH3 is 1. The van der Waals surface area contributed by atoms with E-state index < -0.39 is 17.8 Å². The summed E-state index contributed by atoms with van der Waals surface area (Å²) in [5, 5.41) is 25.4. The van der Waals surface area contributed by atoms with Crippen LogP contribution in [0, 0.1) is 5.92 Å². The Morgan fingerprint density at radius 1 is 1.07 bits per heavy atom. The van der Waals surface area contributed by atoms with E-state index in [2.05, 4.69) is 10.3 Å². The zero-order chi connectivity index (χ0) is 21.2. The van der Waals surface area contributed by atoms with Crippen LogP contribution in [0.25, 0.3) is 0 Å². The Kier molecular flexibility index (Phi) is 8.02. The molecule has 0 bridgehead atoms. The van der Waals surface area contributed by atoms with E-state index in [-0.39, 0.29) is 18.9 Å². The molecule has 2 aromatic carbocycles. The van der Waals surface area contributed by atoms with Crippen LogP contribution in [0.4, 0.5) is 0 Å². The van der Waals surface area contributed by atoms with E-state index in [0.29, 0.717) is 17.0 Å². The number of oxime groups is 2. The van der Waals surface area contributed by atoms with Crippen LogP contribution in [0.1, 0.15) is 30.4 Å². The second kappa shape index (κ2) is 10.7. The predicted octanol–water partition coefficient (Wildman–Crippen LogP) is 2.97. The summed E-state index contributed by atoms with van der Waals surface area (Å²) >= 11 is 0. The molecule has 2 rings (SSSR count). The minimum Gasteiger partial charge on any atom is -0.497 e. The lowest BCUT2D eigenvalue weighted by Gasteiger charge is -2.25. The van der Waals surface area contributed by atoms with Crippen molar-refractivity contribution in [3.05, 3.63) is 65.7 Å². The molecular weight excluding hydrogens is 374 g/mol. The fraction of sp³-hybridized carbons (Fsp3) is 0.286. The van der Waals surface area contributed by atoms with Gasteiger partial charge in [-0.2, -0.15) is 0 Å². The van der Waals surface area contributed by atoms with E-state index in [9.17, 15) is 15.2 Å². The molecular formula is C21H25N3O5. The van der Waals surface area contributed by atoms with Crippen LogP contribution < -0.4 is 10.5 Å². The number of carbonyl (C=O) groups excluding carboxylic acids is 1. The largest absolute Gasteiger partial charge is 0.497 e. The Morgan fingerprint density at radius 2 is 1.72 bits per heavy atom. The van der Waals surface area contributed by atoms with Crippen LogP contribution in [0.2, 0.25) is 0 Å². The Hall–Kier alpha value is -3.55. The second-order valence-electron chi connectivity index (χ2n) is 6.25. The highest BCUT2D eigenvalue weighted by molar-refractivity contribution is 6.04. The number of benzene rings is 2. The zero-order valence-electron chi connectivity index (χ0n) is 16.4. The third kappa shape index (κ3) is 5.47. The highest BCUT2D eigenvalue weighted by atomic mass is 16.5. The third-order valence-corrected chi connectivity index (χ3v) is 4.56. The van der Waals surface area contributed by atoms with E-state index in [4.69, 9.17) is 15.2 Å². The van der Waals surface area contributed by atoms with E-state index in [0.717, 1.165) is 5.56 Å². The lowest BCUT2D eigenvalue weighted by atomic mass is 9.80. The molecule has 0 aromatic heterocycles. The van der Waals surface area contributed by atoms with Crippen LogP contribution in [-0.4, -0.2) is 41.6 Å². The number of nitrogens with two attached hydrogens (primary N) is 1. The van der Waals surface area contributed by atoms with Crippen LogP contribution in [0.15, 0.2) is 64.9 Å². The van der Waals surface area contributed by atoms with Crippen molar-refractivity contribution < 1.29 is 24.7 Å². The molecule has 0 aliphatic heterocycles. The average molecular weight is 399 g/mol. The van der Waals surface area contributed by atoms with Gasteiger partial charge in [0.1, 0.15) is 11.7 Å². The lowest BCUT2D eigenvalue weighted by Crippen LogP contribution is -2.37. The molecule has 0 saturated carbocycles. The average Bonchev–Trinajstić information content (AvgIpc) is 2.77. The summed E-state index contributed by atoms with van der Waals surface area (Å²) in [4.78, 5) is 12.6. The molecule has 8 nitrogen and oxygen atoms in total. The van der Waals surface area contributed by atoms with Crippen LogP contribution in [0.5, 0.6) is 5.75 Å². The van der Waals surface area contributed by atoms with Crippen molar-refractivity contribution in [2.45, 2.75) is 19.3 Å². The fourth-order valence-electron chi connectivity index (χ4n) is 3.12. The smallest absolute Gasteiger partial charge is 0.317 e. The van der Waals surface area contributed by atoms with Crippen molar-refractivity contribution >= 4 is 17.5 Å². The van der Waals surface area contributed by atoms with Gasteiger partial charge in [-0.3, -0.25) is 4.79 Å². The van der Waals surface area contributed by atoms with Crippen LogP contribution in [0.3, 0.4) is 0 Å². The summed E-state index contributed by atoms with van der Waals surface area (Å²) in [6, 6.07) is 16.1. The molecule has 2 atom stereocenters. The van der Waals surface area contributed by atoms with Crippen molar-refractivity contribution in [2.75, 3.05) is 13.7 Å². The molecule has 29 heavy (non-hydrogen) atoms. The minimum atomic E-state index is -1.06. The molecule has 0 aliphatic carbocycles. The number of hydrogen-bond donors (Lipinski definition) is 3. The fourth-order valence-corrected chi connectivity index (χ4v) is 3.12. The monoisotopic (exact) mass is 399 g/mol. The molecule has 0 radical (unpaired) electrons. The summed E-state index contributed by atoms with van der Waals surface area (Å²) < 4.78 is 10.3. The quantitative estimate of drug-likeness (QED) is 0.196. The maximum atomic E-state index is 12.6. The van der Waals surface area contributed by atoms with Crippen molar-refractivity contribution in [2.24, 2.45) is 22.0 Å². The molecule has 0 amide bonds.